The summed E-state index contributed by atoms with van der Waals surface area (Å²) in [6.45, 7) is 3.36. The molecule has 2 N–H and O–H groups in total. The molecule has 0 aromatic heterocycles. The lowest BCUT2D eigenvalue weighted by molar-refractivity contribution is 0.0309. The molecule has 2 aromatic carbocycles. The van der Waals surface area contributed by atoms with Crippen molar-refractivity contribution in [3.8, 4) is 0 Å². The van der Waals surface area contributed by atoms with Crippen LogP contribution in [-0.4, -0.2) is 39.1 Å². The largest absolute Gasteiger partial charge is 0.394 e. The Bertz CT molecular complexity index is 829. The fourth-order valence-electron chi connectivity index (χ4n) is 2.39. The minimum absolute atomic E-state index is 0.0276. The molecule has 26 heavy (non-hydrogen) atoms. The Balaban J connectivity index is 2.12. The van der Waals surface area contributed by atoms with Crippen molar-refractivity contribution in [1.29, 1.82) is 0 Å². The number of aliphatic hydroxyl groups is 1. The summed E-state index contributed by atoms with van der Waals surface area (Å²) in [6.07, 6.45) is -0.519. The number of nitrogens with one attached hydrogen (secondary N) is 1. The molecule has 0 saturated carbocycles. The standard InChI is InChI=1S/C19H23NO5S/c1-14-3-5-17(6-4-14)19(25-12-11-21)13-20-26(23,24)18-9-7-16(8-10-18)15(2)22/h3-10,19-21H,11-13H2,1-2H3. The maximum Gasteiger partial charge on any atom is 0.240 e. The number of hydrogen-bond donors (Lipinski definition) is 2. The van der Waals surface area contributed by atoms with Crippen molar-refractivity contribution >= 4 is 15.8 Å². The zero-order valence-electron chi connectivity index (χ0n) is 14.8. The lowest BCUT2D eigenvalue weighted by atomic mass is 10.1. The summed E-state index contributed by atoms with van der Waals surface area (Å²) in [6, 6.07) is 13.3. The minimum Gasteiger partial charge on any atom is -0.394 e. The van der Waals surface area contributed by atoms with Gasteiger partial charge in [0.15, 0.2) is 5.78 Å². The van der Waals surface area contributed by atoms with Crippen LogP contribution in [0.3, 0.4) is 0 Å². The molecule has 0 aliphatic carbocycles. The number of rotatable bonds is 9. The fraction of sp³-hybridized carbons (Fsp3) is 0.316. The van der Waals surface area contributed by atoms with E-state index < -0.39 is 16.1 Å². The average Bonchev–Trinajstić information content (AvgIpc) is 2.63. The van der Waals surface area contributed by atoms with Crippen LogP contribution in [0.25, 0.3) is 0 Å². The summed E-state index contributed by atoms with van der Waals surface area (Å²) < 4.78 is 33.1. The van der Waals surface area contributed by atoms with Gasteiger partial charge in [0.1, 0.15) is 0 Å². The number of hydrogen-bond acceptors (Lipinski definition) is 5. The van der Waals surface area contributed by atoms with Gasteiger partial charge in [0.05, 0.1) is 24.2 Å². The Labute approximate surface area is 153 Å². The van der Waals surface area contributed by atoms with Crippen molar-refractivity contribution in [2.24, 2.45) is 0 Å². The van der Waals surface area contributed by atoms with Crippen molar-refractivity contribution in [1.82, 2.24) is 4.72 Å². The molecule has 0 aliphatic heterocycles. The Kier molecular flexibility index (Phi) is 7.05. The highest BCUT2D eigenvalue weighted by Crippen LogP contribution is 2.19. The minimum atomic E-state index is -3.74. The van der Waals surface area contributed by atoms with Gasteiger partial charge in [-0.2, -0.15) is 0 Å². The van der Waals surface area contributed by atoms with Gasteiger partial charge < -0.3 is 9.84 Å². The van der Waals surface area contributed by atoms with Gasteiger partial charge in [-0.05, 0) is 31.5 Å². The summed E-state index contributed by atoms with van der Waals surface area (Å²) in [5.41, 5.74) is 2.35. The van der Waals surface area contributed by atoms with Crippen LogP contribution in [0.5, 0.6) is 0 Å². The van der Waals surface area contributed by atoms with Gasteiger partial charge in [0, 0.05) is 12.1 Å². The van der Waals surface area contributed by atoms with E-state index >= 15 is 0 Å². The molecule has 0 spiro atoms. The molecule has 0 amide bonds. The molecule has 0 heterocycles. The SMILES string of the molecule is CC(=O)c1ccc(S(=O)(=O)NCC(OCCO)c2ccc(C)cc2)cc1. The van der Waals surface area contributed by atoms with Crippen LogP contribution < -0.4 is 4.72 Å². The quantitative estimate of drug-likeness (QED) is 0.654. The Morgan fingerprint density at radius 3 is 2.27 bits per heavy atom. The monoisotopic (exact) mass is 377 g/mol. The maximum absolute atomic E-state index is 12.5. The van der Waals surface area contributed by atoms with Crippen LogP contribution in [0.2, 0.25) is 0 Å². The molecule has 0 radical (unpaired) electrons. The van der Waals surface area contributed by atoms with Gasteiger partial charge in [-0.15, -0.1) is 0 Å². The summed E-state index contributed by atoms with van der Waals surface area (Å²) in [5.74, 6) is -0.126. The van der Waals surface area contributed by atoms with E-state index in [-0.39, 0.29) is 30.4 Å². The molecule has 1 unspecified atom stereocenters. The Morgan fingerprint density at radius 1 is 1.12 bits per heavy atom. The first kappa shape index (κ1) is 20.3. The van der Waals surface area contributed by atoms with E-state index in [1.807, 2.05) is 31.2 Å². The first-order chi connectivity index (χ1) is 12.3. The second-order valence-electron chi connectivity index (χ2n) is 5.93. The summed E-state index contributed by atoms with van der Waals surface area (Å²) >= 11 is 0. The highest BCUT2D eigenvalue weighted by Gasteiger charge is 2.19. The maximum atomic E-state index is 12.5. The topological polar surface area (TPSA) is 92.7 Å². The molecule has 6 nitrogen and oxygen atoms in total. The number of ether oxygens (including phenoxy) is 1. The number of Topliss-reactive ketones (excluding diaryl/α,β-unsaturated/α-hetero) is 1. The fourth-order valence-corrected chi connectivity index (χ4v) is 3.42. The second kappa shape index (κ2) is 9.05. The van der Waals surface area contributed by atoms with Gasteiger partial charge in [0.2, 0.25) is 10.0 Å². The first-order valence-electron chi connectivity index (χ1n) is 8.23. The molecule has 0 aliphatic rings. The van der Waals surface area contributed by atoms with Gasteiger partial charge in [0.25, 0.3) is 0 Å². The van der Waals surface area contributed by atoms with Crippen LogP contribution in [0.4, 0.5) is 0 Å². The number of ketones is 1. The van der Waals surface area contributed by atoms with E-state index in [2.05, 4.69) is 4.72 Å². The van der Waals surface area contributed by atoms with Crippen LogP contribution in [0.1, 0.15) is 34.5 Å². The van der Waals surface area contributed by atoms with Gasteiger partial charge in [-0.1, -0.05) is 42.0 Å². The molecular weight excluding hydrogens is 354 g/mol. The number of aryl methyl sites for hydroxylation is 1. The highest BCUT2D eigenvalue weighted by molar-refractivity contribution is 7.89. The predicted molar refractivity (Wildman–Crippen MR) is 98.6 cm³/mol. The van der Waals surface area contributed by atoms with Crippen molar-refractivity contribution in [3.63, 3.8) is 0 Å². The number of carbonyl (C=O) groups is 1. The predicted octanol–water partition coefficient (Wildman–Crippen LogP) is 2.23. The van der Waals surface area contributed by atoms with Gasteiger partial charge in [-0.25, -0.2) is 13.1 Å². The smallest absolute Gasteiger partial charge is 0.240 e. The van der Waals surface area contributed by atoms with Crippen molar-refractivity contribution in [2.75, 3.05) is 19.8 Å². The average molecular weight is 377 g/mol. The van der Waals surface area contributed by atoms with E-state index in [1.54, 1.807) is 0 Å². The first-order valence-corrected chi connectivity index (χ1v) is 9.71. The molecule has 1 atom stereocenters. The van der Waals surface area contributed by atoms with E-state index in [1.165, 1.54) is 31.2 Å². The van der Waals surface area contributed by atoms with Gasteiger partial charge >= 0.3 is 0 Å². The highest BCUT2D eigenvalue weighted by atomic mass is 32.2. The van der Waals surface area contributed by atoms with Crippen molar-refractivity contribution < 1.29 is 23.1 Å². The molecule has 0 saturated heterocycles. The molecule has 0 fully saturated rings. The normalized spacial score (nSPS) is 12.7. The van der Waals surface area contributed by atoms with Gasteiger partial charge in [-0.3, -0.25) is 4.79 Å². The summed E-state index contributed by atoms with van der Waals surface area (Å²) in [7, 11) is -3.74. The van der Waals surface area contributed by atoms with E-state index in [0.29, 0.717) is 5.56 Å². The van der Waals surface area contributed by atoms with Crippen LogP contribution in [-0.2, 0) is 14.8 Å². The lowest BCUT2D eigenvalue weighted by Crippen LogP contribution is -2.30. The second-order valence-corrected chi connectivity index (χ2v) is 7.69. The number of aliphatic hydroxyl groups excluding tert-OH is 1. The zero-order valence-corrected chi connectivity index (χ0v) is 15.6. The number of sulfonamides is 1. The summed E-state index contributed by atoms with van der Waals surface area (Å²) in [5, 5.41) is 8.99. The third kappa shape index (κ3) is 5.47. The molecule has 7 heteroatoms. The molecule has 2 aromatic rings. The summed E-state index contributed by atoms with van der Waals surface area (Å²) in [4.78, 5) is 11.4. The van der Waals surface area contributed by atoms with E-state index in [0.717, 1.165) is 11.1 Å². The molecule has 0 bridgehead atoms. The van der Waals surface area contributed by atoms with Crippen LogP contribution in [0.15, 0.2) is 53.4 Å². The third-order valence-electron chi connectivity index (χ3n) is 3.89. The van der Waals surface area contributed by atoms with Crippen molar-refractivity contribution in [3.05, 3.63) is 65.2 Å². The molecule has 2 rings (SSSR count). The van der Waals surface area contributed by atoms with E-state index in [4.69, 9.17) is 9.84 Å². The Morgan fingerprint density at radius 2 is 1.73 bits per heavy atom. The lowest BCUT2D eigenvalue weighted by Gasteiger charge is -2.19. The number of benzene rings is 2. The van der Waals surface area contributed by atoms with Crippen LogP contribution >= 0.6 is 0 Å². The molecular formula is C19H23NO5S. The third-order valence-corrected chi connectivity index (χ3v) is 5.33. The zero-order chi connectivity index (χ0) is 19.2. The Hall–Kier alpha value is -2.06. The molecule has 140 valence electrons. The van der Waals surface area contributed by atoms with Crippen molar-refractivity contribution in [2.45, 2.75) is 24.8 Å². The van der Waals surface area contributed by atoms with E-state index in [9.17, 15) is 13.2 Å². The number of carbonyl (C=O) groups excluding carboxylic acids is 1. The van der Waals surface area contributed by atoms with Crippen LogP contribution in [0, 0.1) is 6.92 Å².